The molecule has 2 N–H and O–H groups in total. The SMILES string of the molecule is CCNC(=NCc1ccc(CN(CC)CC)cc1)NCc1ccccn1. The number of hydrogen-bond donors (Lipinski definition) is 2. The fourth-order valence-corrected chi connectivity index (χ4v) is 2.64. The first-order valence-corrected chi connectivity index (χ1v) is 9.47. The smallest absolute Gasteiger partial charge is 0.191 e. The van der Waals surface area contributed by atoms with Crippen molar-refractivity contribution < 1.29 is 0 Å². The van der Waals surface area contributed by atoms with E-state index in [0.29, 0.717) is 13.1 Å². The van der Waals surface area contributed by atoms with Gasteiger partial charge in [0.2, 0.25) is 0 Å². The van der Waals surface area contributed by atoms with E-state index in [-0.39, 0.29) is 0 Å². The van der Waals surface area contributed by atoms with Gasteiger partial charge in [0.1, 0.15) is 0 Å². The zero-order valence-corrected chi connectivity index (χ0v) is 16.2. The molecule has 2 aromatic rings. The molecule has 0 unspecified atom stereocenters. The summed E-state index contributed by atoms with van der Waals surface area (Å²) in [6.45, 7) is 11.8. The standard InChI is InChI=1S/C21H31N5/c1-4-22-21(25-16-20-9-7-8-14-23-20)24-15-18-10-12-19(13-11-18)17-26(5-2)6-3/h7-14H,4-6,15-17H2,1-3H3,(H2,22,24,25). The third-order valence-electron chi connectivity index (χ3n) is 4.25. The van der Waals surface area contributed by atoms with Crippen molar-refractivity contribution in [2.24, 2.45) is 4.99 Å². The van der Waals surface area contributed by atoms with E-state index in [1.54, 1.807) is 6.20 Å². The lowest BCUT2D eigenvalue weighted by Gasteiger charge is -2.18. The molecule has 0 bridgehead atoms. The quantitative estimate of drug-likeness (QED) is 0.537. The summed E-state index contributed by atoms with van der Waals surface area (Å²) >= 11 is 0. The van der Waals surface area contributed by atoms with Gasteiger partial charge in [-0.25, -0.2) is 4.99 Å². The van der Waals surface area contributed by atoms with Crippen molar-refractivity contribution in [2.45, 2.75) is 40.4 Å². The van der Waals surface area contributed by atoms with Crippen molar-refractivity contribution in [1.29, 1.82) is 0 Å². The number of guanidine groups is 1. The van der Waals surface area contributed by atoms with E-state index in [9.17, 15) is 0 Å². The largest absolute Gasteiger partial charge is 0.357 e. The molecule has 140 valence electrons. The van der Waals surface area contributed by atoms with E-state index in [2.05, 4.69) is 70.5 Å². The van der Waals surface area contributed by atoms with Crippen LogP contribution in [-0.2, 0) is 19.6 Å². The summed E-state index contributed by atoms with van der Waals surface area (Å²) in [5, 5.41) is 6.61. The van der Waals surface area contributed by atoms with Crippen LogP contribution in [0, 0.1) is 0 Å². The Morgan fingerprint density at radius 1 is 0.962 bits per heavy atom. The van der Waals surface area contributed by atoms with Crippen LogP contribution >= 0.6 is 0 Å². The zero-order chi connectivity index (χ0) is 18.6. The van der Waals surface area contributed by atoms with Gasteiger partial charge < -0.3 is 10.6 Å². The third kappa shape index (κ3) is 6.84. The molecule has 2 rings (SSSR count). The molecule has 1 aromatic heterocycles. The van der Waals surface area contributed by atoms with Gasteiger partial charge in [-0.1, -0.05) is 44.2 Å². The van der Waals surface area contributed by atoms with Gasteiger partial charge in [-0.05, 0) is 43.3 Å². The lowest BCUT2D eigenvalue weighted by atomic mass is 10.1. The van der Waals surface area contributed by atoms with Gasteiger partial charge in [0, 0.05) is 19.3 Å². The number of hydrogen-bond acceptors (Lipinski definition) is 3. The summed E-state index contributed by atoms with van der Waals surface area (Å²) in [6.07, 6.45) is 1.81. The molecule has 0 saturated heterocycles. The maximum Gasteiger partial charge on any atom is 0.191 e. The fourth-order valence-electron chi connectivity index (χ4n) is 2.64. The number of rotatable bonds is 9. The highest BCUT2D eigenvalue weighted by Crippen LogP contribution is 2.08. The second kappa shape index (κ2) is 11.3. The van der Waals surface area contributed by atoms with E-state index in [0.717, 1.165) is 37.8 Å². The highest BCUT2D eigenvalue weighted by atomic mass is 15.2. The highest BCUT2D eigenvalue weighted by Gasteiger charge is 2.02. The van der Waals surface area contributed by atoms with Gasteiger partial charge in [-0.3, -0.25) is 9.88 Å². The summed E-state index contributed by atoms with van der Waals surface area (Å²) in [5.41, 5.74) is 3.56. The minimum Gasteiger partial charge on any atom is -0.357 e. The number of aromatic nitrogens is 1. The monoisotopic (exact) mass is 353 g/mol. The second-order valence-corrected chi connectivity index (χ2v) is 6.15. The summed E-state index contributed by atoms with van der Waals surface area (Å²) in [7, 11) is 0. The molecule has 0 aliphatic carbocycles. The molecule has 0 amide bonds. The van der Waals surface area contributed by atoms with Gasteiger partial charge in [-0.2, -0.15) is 0 Å². The van der Waals surface area contributed by atoms with Gasteiger partial charge in [-0.15, -0.1) is 0 Å². The normalized spacial score (nSPS) is 11.6. The van der Waals surface area contributed by atoms with Crippen molar-refractivity contribution in [3.8, 4) is 0 Å². The Morgan fingerprint density at radius 3 is 2.31 bits per heavy atom. The van der Waals surface area contributed by atoms with Crippen molar-refractivity contribution in [1.82, 2.24) is 20.5 Å². The molecule has 1 heterocycles. The van der Waals surface area contributed by atoms with Gasteiger partial charge in [0.05, 0.1) is 18.8 Å². The Hall–Kier alpha value is -2.40. The highest BCUT2D eigenvalue weighted by molar-refractivity contribution is 5.79. The summed E-state index contributed by atoms with van der Waals surface area (Å²) in [5.74, 6) is 0.811. The molecule has 0 atom stereocenters. The predicted molar refractivity (Wildman–Crippen MR) is 109 cm³/mol. The predicted octanol–water partition coefficient (Wildman–Crippen LogP) is 3.18. The molecule has 0 aliphatic heterocycles. The zero-order valence-electron chi connectivity index (χ0n) is 16.2. The van der Waals surface area contributed by atoms with Gasteiger partial charge in [0.15, 0.2) is 5.96 Å². The molecular weight excluding hydrogens is 322 g/mol. The maximum atomic E-state index is 4.68. The third-order valence-corrected chi connectivity index (χ3v) is 4.25. The van der Waals surface area contributed by atoms with Crippen LogP contribution in [0.5, 0.6) is 0 Å². The second-order valence-electron chi connectivity index (χ2n) is 6.15. The Bertz CT molecular complexity index is 648. The van der Waals surface area contributed by atoms with Crippen LogP contribution in [0.2, 0.25) is 0 Å². The maximum absolute atomic E-state index is 4.68. The molecule has 26 heavy (non-hydrogen) atoms. The number of nitrogens with one attached hydrogen (secondary N) is 2. The minimum atomic E-state index is 0.656. The fraction of sp³-hybridized carbons (Fsp3) is 0.429. The first kappa shape index (κ1) is 19.9. The summed E-state index contributed by atoms with van der Waals surface area (Å²) in [6, 6.07) is 14.7. The lowest BCUT2D eigenvalue weighted by molar-refractivity contribution is 0.296. The molecule has 0 fully saturated rings. The van der Waals surface area contributed by atoms with E-state index < -0.39 is 0 Å². The van der Waals surface area contributed by atoms with Crippen molar-refractivity contribution in [2.75, 3.05) is 19.6 Å². The molecule has 0 saturated carbocycles. The van der Waals surface area contributed by atoms with Crippen LogP contribution in [0.4, 0.5) is 0 Å². The van der Waals surface area contributed by atoms with Crippen molar-refractivity contribution in [3.05, 3.63) is 65.5 Å². The molecule has 5 nitrogen and oxygen atoms in total. The van der Waals surface area contributed by atoms with E-state index in [4.69, 9.17) is 0 Å². The van der Waals surface area contributed by atoms with Crippen molar-refractivity contribution in [3.63, 3.8) is 0 Å². The molecule has 5 heteroatoms. The molecule has 0 spiro atoms. The number of aliphatic imine (C=N–C) groups is 1. The Kier molecular flexibility index (Phi) is 8.63. The Morgan fingerprint density at radius 2 is 1.69 bits per heavy atom. The number of benzene rings is 1. The first-order valence-electron chi connectivity index (χ1n) is 9.47. The molecule has 0 radical (unpaired) electrons. The summed E-state index contributed by atoms with van der Waals surface area (Å²) < 4.78 is 0. The molecule has 1 aromatic carbocycles. The van der Waals surface area contributed by atoms with E-state index in [1.807, 2.05) is 18.2 Å². The van der Waals surface area contributed by atoms with E-state index in [1.165, 1.54) is 11.1 Å². The first-order chi connectivity index (χ1) is 12.7. The van der Waals surface area contributed by atoms with Crippen LogP contribution in [0.1, 0.15) is 37.6 Å². The van der Waals surface area contributed by atoms with E-state index >= 15 is 0 Å². The van der Waals surface area contributed by atoms with Crippen LogP contribution in [0.3, 0.4) is 0 Å². The topological polar surface area (TPSA) is 52.6 Å². The van der Waals surface area contributed by atoms with Gasteiger partial charge >= 0.3 is 0 Å². The molecular formula is C21H31N5. The Balaban J connectivity index is 1.91. The van der Waals surface area contributed by atoms with Crippen LogP contribution in [0.25, 0.3) is 0 Å². The lowest BCUT2D eigenvalue weighted by Crippen LogP contribution is -2.37. The van der Waals surface area contributed by atoms with Crippen LogP contribution < -0.4 is 10.6 Å². The minimum absolute atomic E-state index is 0.656. The molecule has 0 aliphatic rings. The number of nitrogens with zero attached hydrogens (tertiary/aromatic N) is 3. The average Bonchev–Trinajstić information content (AvgIpc) is 2.70. The average molecular weight is 354 g/mol. The summed E-state index contributed by atoms with van der Waals surface area (Å²) in [4.78, 5) is 11.4. The Labute approximate surface area is 157 Å². The van der Waals surface area contributed by atoms with Crippen LogP contribution in [0.15, 0.2) is 53.7 Å². The van der Waals surface area contributed by atoms with Crippen molar-refractivity contribution >= 4 is 5.96 Å². The van der Waals surface area contributed by atoms with Crippen LogP contribution in [-0.4, -0.2) is 35.5 Å². The number of pyridine rings is 1. The van der Waals surface area contributed by atoms with Gasteiger partial charge in [0.25, 0.3) is 0 Å².